The normalized spacial score (nSPS) is 12.2. The van der Waals surface area contributed by atoms with Gasteiger partial charge < -0.3 is 13.7 Å². The van der Waals surface area contributed by atoms with Gasteiger partial charge in [0.25, 0.3) is 0 Å². The molecule has 0 unspecified atom stereocenters. The molecule has 0 aliphatic rings. The Morgan fingerprint density at radius 2 is 0.591 bits per heavy atom. The zero-order valence-electron chi connectivity index (χ0n) is 25.7. The van der Waals surface area contributed by atoms with E-state index in [-0.39, 0.29) is 0 Å². The molecule has 3 heteroatoms. The van der Waals surface area contributed by atoms with Crippen LogP contribution in [0.25, 0.3) is 76.8 Å². The molecule has 0 radical (unpaired) electrons. The second-order valence-corrected chi connectivity index (χ2v) is 12.7. The number of aryl methyl sites for hydroxylation is 5. The van der Waals surface area contributed by atoms with Gasteiger partial charge in [0.1, 0.15) is 0 Å². The lowest BCUT2D eigenvalue weighted by Crippen LogP contribution is -1.94. The van der Waals surface area contributed by atoms with Gasteiger partial charge in [-0.1, -0.05) is 46.5 Å². The van der Waals surface area contributed by atoms with E-state index in [0.717, 1.165) is 0 Å². The first-order chi connectivity index (χ1) is 21.4. The van der Waals surface area contributed by atoms with Crippen LogP contribution in [-0.2, 0) is 7.05 Å². The molecule has 3 nitrogen and oxygen atoms in total. The Balaban J connectivity index is 1.33. The van der Waals surface area contributed by atoms with E-state index in [2.05, 4.69) is 158 Å². The number of fused-ring (bicyclic) bond motifs is 9. The Bertz CT molecular complexity index is 2350. The third-order valence-electron chi connectivity index (χ3n) is 9.64. The Hall–Kier alpha value is -5.28. The summed E-state index contributed by atoms with van der Waals surface area (Å²) in [5.41, 5.74) is 15.0. The second-order valence-electron chi connectivity index (χ2n) is 12.7. The van der Waals surface area contributed by atoms with Gasteiger partial charge in [0.15, 0.2) is 0 Å². The molecule has 0 amide bonds. The number of hydrogen-bond acceptors (Lipinski definition) is 0. The van der Waals surface area contributed by atoms with Crippen molar-refractivity contribution in [1.29, 1.82) is 0 Å². The van der Waals surface area contributed by atoms with Crippen LogP contribution in [0, 0.1) is 27.7 Å². The van der Waals surface area contributed by atoms with E-state index in [0.29, 0.717) is 0 Å². The highest BCUT2D eigenvalue weighted by Crippen LogP contribution is 2.38. The van der Waals surface area contributed by atoms with Gasteiger partial charge in [-0.05, 0) is 113 Å². The molecule has 0 spiro atoms. The van der Waals surface area contributed by atoms with Crippen molar-refractivity contribution in [3.63, 3.8) is 0 Å². The smallest absolute Gasteiger partial charge is 0.0541 e. The molecule has 0 saturated carbocycles. The summed E-state index contributed by atoms with van der Waals surface area (Å²) in [4.78, 5) is 0. The highest BCUT2D eigenvalue weighted by molar-refractivity contribution is 6.13. The van der Waals surface area contributed by atoms with E-state index in [9.17, 15) is 0 Å². The molecule has 3 aromatic heterocycles. The van der Waals surface area contributed by atoms with Gasteiger partial charge >= 0.3 is 0 Å². The Morgan fingerprint density at radius 1 is 0.318 bits per heavy atom. The number of rotatable bonds is 2. The quantitative estimate of drug-likeness (QED) is 0.197. The lowest BCUT2D eigenvalue weighted by atomic mass is 10.1. The summed E-state index contributed by atoms with van der Waals surface area (Å²) in [6, 6.07) is 41.2. The zero-order valence-corrected chi connectivity index (χ0v) is 25.7. The van der Waals surface area contributed by atoms with Gasteiger partial charge in [-0.25, -0.2) is 0 Å². The van der Waals surface area contributed by atoms with Gasteiger partial charge in [0, 0.05) is 61.8 Å². The first-order valence-corrected chi connectivity index (χ1v) is 15.4. The van der Waals surface area contributed by atoms with Crippen LogP contribution in [0.15, 0.2) is 109 Å². The molecular weight excluding hydrogens is 534 g/mol. The Labute approximate surface area is 256 Å². The fourth-order valence-electron chi connectivity index (χ4n) is 7.53. The van der Waals surface area contributed by atoms with Crippen molar-refractivity contribution in [1.82, 2.24) is 13.7 Å². The Morgan fingerprint density at radius 3 is 0.909 bits per heavy atom. The Kier molecular flexibility index (Phi) is 5.09. The van der Waals surface area contributed by atoms with Gasteiger partial charge in [-0.3, -0.25) is 0 Å². The van der Waals surface area contributed by atoms with Crippen LogP contribution in [-0.4, -0.2) is 13.7 Å². The standard InChI is InChI=1S/C41H33N3/c1-24-6-12-38-30(18-24)31-19-25(2)7-13-39(31)43(38)28-10-16-36-34(22-28)35-23-29(11-17-37(35)42(36)5)44-40-14-8-26(3)20-32(40)33-21-27(4)9-15-41(33)44/h6-23H,1-5H3. The van der Waals surface area contributed by atoms with E-state index in [1.165, 1.54) is 99.0 Å². The molecule has 9 aromatic rings. The van der Waals surface area contributed by atoms with Gasteiger partial charge in [-0.2, -0.15) is 0 Å². The fraction of sp³-hybridized carbons (Fsp3) is 0.122. The average Bonchev–Trinajstić information content (AvgIpc) is 3.61. The topological polar surface area (TPSA) is 14.8 Å². The van der Waals surface area contributed by atoms with E-state index in [1.807, 2.05) is 0 Å². The highest BCUT2D eigenvalue weighted by Gasteiger charge is 2.17. The molecule has 0 aliphatic carbocycles. The van der Waals surface area contributed by atoms with E-state index >= 15 is 0 Å². The third kappa shape index (κ3) is 3.44. The van der Waals surface area contributed by atoms with E-state index in [1.54, 1.807) is 0 Å². The molecule has 9 rings (SSSR count). The summed E-state index contributed by atoms with van der Waals surface area (Å²) in [7, 11) is 2.18. The summed E-state index contributed by atoms with van der Waals surface area (Å²) >= 11 is 0. The maximum absolute atomic E-state index is 2.43. The van der Waals surface area contributed by atoms with Crippen molar-refractivity contribution in [2.75, 3.05) is 0 Å². The summed E-state index contributed by atoms with van der Waals surface area (Å²) in [5, 5.41) is 7.76. The first kappa shape index (κ1) is 25.2. The van der Waals surface area contributed by atoms with Crippen molar-refractivity contribution < 1.29 is 0 Å². The minimum absolute atomic E-state index is 1.19. The van der Waals surface area contributed by atoms with Crippen molar-refractivity contribution >= 4 is 65.4 Å². The minimum Gasteiger partial charge on any atom is -0.344 e. The lowest BCUT2D eigenvalue weighted by Gasteiger charge is -2.10. The van der Waals surface area contributed by atoms with Crippen LogP contribution >= 0.6 is 0 Å². The first-order valence-electron chi connectivity index (χ1n) is 15.4. The number of aromatic nitrogens is 3. The summed E-state index contributed by atoms with van der Waals surface area (Å²) in [6.07, 6.45) is 0. The molecule has 0 bridgehead atoms. The van der Waals surface area contributed by atoms with E-state index in [4.69, 9.17) is 0 Å². The number of hydrogen-bond donors (Lipinski definition) is 0. The maximum atomic E-state index is 2.43. The third-order valence-corrected chi connectivity index (χ3v) is 9.64. The van der Waals surface area contributed by atoms with Crippen molar-refractivity contribution in [3.05, 3.63) is 131 Å². The van der Waals surface area contributed by atoms with Gasteiger partial charge in [0.2, 0.25) is 0 Å². The minimum atomic E-state index is 1.19. The molecule has 44 heavy (non-hydrogen) atoms. The number of nitrogens with zero attached hydrogens (tertiary/aromatic N) is 3. The fourth-order valence-corrected chi connectivity index (χ4v) is 7.53. The molecule has 0 atom stereocenters. The van der Waals surface area contributed by atoms with E-state index < -0.39 is 0 Å². The van der Waals surface area contributed by atoms with Crippen molar-refractivity contribution in [2.45, 2.75) is 27.7 Å². The zero-order chi connectivity index (χ0) is 29.9. The largest absolute Gasteiger partial charge is 0.344 e. The molecule has 6 aromatic carbocycles. The molecular formula is C41H33N3. The van der Waals surface area contributed by atoms with Crippen LogP contribution in [0.1, 0.15) is 22.3 Å². The van der Waals surface area contributed by atoms with Crippen LogP contribution in [0.4, 0.5) is 0 Å². The lowest BCUT2D eigenvalue weighted by molar-refractivity contribution is 1.01. The summed E-state index contributed by atoms with van der Waals surface area (Å²) < 4.78 is 7.20. The maximum Gasteiger partial charge on any atom is 0.0541 e. The van der Waals surface area contributed by atoms with Crippen molar-refractivity contribution in [3.8, 4) is 11.4 Å². The van der Waals surface area contributed by atoms with Crippen LogP contribution in [0.5, 0.6) is 0 Å². The van der Waals surface area contributed by atoms with Crippen LogP contribution in [0.2, 0.25) is 0 Å². The average molecular weight is 568 g/mol. The summed E-state index contributed by atoms with van der Waals surface area (Å²) in [5.74, 6) is 0. The molecule has 0 N–H and O–H groups in total. The van der Waals surface area contributed by atoms with Gasteiger partial charge in [0.05, 0.1) is 22.1 Å². The molecule has 3 heterocycles. The SMILES string of the molecule is Cc1ccc2c(c1)c1cc(C)ccc1n2-c1ccc2c(c1)c1cc(-n3c4ccc(C)cc4c4cc(C)ccc43)ccc1n2C. The molecule has 0 fully saturated rings. The summed E-state index contributed by atoms with van der Waals surface area (Å²) in [6.45, 7) is 8.71. The predicted octanol–water partition coefficient (Wildman–Crippen LogP) is 10.8. The molecule has 0 saturated heterocycles. The predicted molar refractivity (Wildman–Crippen MR) is 188 cm³/mol. The van der Waals surface area contributed by atoms with Crippen LogP contribution in [0.3, 0.4) is 0 Å². The van der Waals surface area contributed by atoms with Gasteiger partial charge in [-0.15, -0.1) is 0 Å². The highest BCUT2D eigenvalue weighted by atomic mass is 15.0. The second kappa shape index (κ2) is 8.87. The monoisotopic (exact) mass is 567 g/mol. The van der Waals surface area contributed by atoms with Crippen molar-refractivity contribution in [2.24, 2.45) is 7.05 Å². The molecule has 212 valence electrons. The molecule has 0 aliphatic heterocycles. The van der Waals surface area contributed by atoms with Crippen LogP contribution < -0.4 is 0 Å². The number of benzene rings is 6.